The lowest BCUT2D eigenvalue weighted by Gasteiger charge is -2.13. The highest BCUT2D eigenvalue weighted by Gasteiger charge is 2.14. The quantitative estimate of drug-likeness (QED) is 0.670. The van der Waals surface area contributed by atoms with Gasteiger partial charge in [0.2, 0.25) is 0 Å². The van der Waals surface area contributed by atoms with E-state index >= 15 is 0 Å². The molecule has 0 unspecified atom stereocenters. The molecule has 2 heteroatoms. The van der Waals surface area contributed by atoms with Gasteiger partial charge in [0.15, 0.2) is 0 Å². The van der Waals surface area contributed by atoms with Crippen molar-refractivity contribution in [1.82, 2.24) is 0 Å². The molecule has 0 amide bonds. The molecule has 0 radical (unpaired) electrons. The summed E-state index contributed by atoms with van der Waals surface area (Å²) in [5.74, 6) is 0. The van der Waals surface area contributed by atoms with Crippen molar-refractivity contribution in [3.63, 3.8) is 0 Å². The number of hydrogen-bond donors (Lipinski definition) is 1. The Morgan fingerprint density at radius 1 is 1.23 bits per heavy atom. The van der Waals surface area contributed by atoms with Gasteiger partial charge in [0.1, 0.15) is 0 Å². The van der Waals surface area contributed by atoms with Crippen LogP contribution in [0, 0.1) is 0 Å². The first-order valence-corrected chi connectivity index (χ1v) is 5.51. The van der Waals surface area contributed by atoms with Crippen LogP contribution < -0.4 is 5.32 Å². The van der Waals surface area contributed by atoms with Crippen LogP contribution in [0.5, 0.6) is 0 Å². The Morgan fingerprint density at radius 2 is 2.15 bits per heavy atom. The van der Waals surface area contributed by atoms with Gasteiger partial charge in [-0.05, 0) is 18.9 Å². The molecule has 0 spiro atoms. The van der Waals surface area contributed by atoms with Gasteiger partial charge in [-0.25, -0.2) is 0 Å². The van der Waals surface area contributed by atoms with E-state index in [1.54, 1.807) is 0 Å². The lowest BCUT2D eigenvalue weighted by molar-refractivity contribution is 0.847. The summed E-state index contributed by atoms with van der Waals surface area (Å²) in [4.78, 5) is 1.53. The smallest absolute Gasteiger partial charge is 0.0561 e. The van der Waals surface area contributed by atoms with Gasteiger partial charge in [-0.15, -0.1) is 11.3 Å². The zero-order chi connectivity index (χ0) is 8.67. The number of hydrogen-bond acceptors (Lipinski definition) is 2. The molecule has 1 N–H and O–H groups in total. The van der Waals surface area contributed by atoms with Gasteiger partial charge in [0.25, 0.3) is 0 Å². The molecule has 0 atom stereocenters. The number of rotatable bonds is 0. The van der Waals surface area contributed by atoms with E-state index in [1.807, 2.05) is 11.3 Å². The molecule has 1 aliphatic rings. The number of anilines is 1. The molecule has 3 rings (SSSR count). The van der Waals surface area contributed by atoms with E-state index in [-0.39, 0.29) is 0 Å². The second kappa shape index (κ2) is 2.74. The van der Waals surface area contributed by atoms with E-state index in [9.17, 15) is 0 Å². The maximum Gasteiger partial charge on any atom is 0.0561 e. The summed E-state index contributed by atoms with van der Waals surface area (Å²) in [6.07, 6.45) is 2.53. The molecule has 0 fully saturated rings. The highest BCUT2D eigenvalue weighted by Crippen LogP contribution is 2.38. The molecular weight excluding hydrogens is 178 g/mol. The molecule has 0 saturated carbocycles. The first-order valence-electron chi connectivity index (χ1n) is 4.69. The molecule has 1 aromatic carbocycles. The standard InChI is InChI=1S/C11H11NS/c1-2-5-9-8(4-1)11-10(13-9)6-3-7-12-11/h1-2,4-5,12H,3,6-7H2. The highest BCUT2D eigenvalue weighted by atomic mass is 32.1. The predicted octanol–water partition coefficient (Wildman–Crippen LogP) is 3.26. The summed E-state index contributed by atoms with van der Waals surface area (Å²) in [5, 5.41) is 4.90. The van der Waals surface area contributed by atoms with Crippen molar-refractivity contribution in [3.8, 4) is 0 Å². The lowest BCUT2D eigenvalue weighted by Crippen LogP contribution is -2.08. The van der Waals surface area contributed by atoms with Crippen molar-refractivity contribution in [2.45, 2.75) is 12.8 Å². The average molecular weight is 189 g/mol. The van der Waals surface area contributed by atoms with E-state index in [2.05, 4.69) is 29.6 Å². The van der Waals surface area contributed by atoms with Gasteiger partial charge in [-0.3, -0.25) is 0 Å². The van der Waals surface area contributed by atoms with Crippen LogP contribution in [0.3, 0.4) is 0 Å². The fourth-order valence-corrected chi connectivity index (χ4v) is 3.15. The third-order valence-electron chi connectivity index (χ3n) is 2.55. The fourth-order valence-electron chi connectivity index (χ4n) is 1.93. The predicted molar refractivity (Wildman–Crippen MR) is 58.6 cm³/mol. The third kappa shape index (κ3) is 1.05. The SMILES string of the molecule is c1ccc2c3c(sc2c1)CCCN3. The maximum atomic E-state index is 3.50. The topological polar surface area (TPSA) is 12.0 Å². The van der Waals surface area contributed by atoms with Crippen LogP contribution >= 0.6 is 11.3 Å². The van der Waals surface area contributed by atoms with Gasteiger partial charge in [-0.1, -0.05) is 18.2 Å². The van der Waals surface area contributed by atoms with Crippen molar-refractivity contribution in [1.29, 1.82) is 0 Å². The van der Waals surface area contributed by atoms with Crippen molar-refractivity contribution in [2.75, 3.05) is 11.9 Å². The number of benzene rings is 1. The Labute approximate surface area is 81.4 Å². The average Bonchev–Trinajstić information content (AvgIpc) is 2.56. The Bertz CT molecular complexity index is 444. The van der Waals surface area contributed by atoms with Crippen molar-refractivity contribution in [3.05, 3.63) is 29.1 Å². The van der Waals surface area contributed by atoms with E-state index in [4.69, 9.17) is 0 Å². The molecule has 1 aliphatic heterocycles. The second-order valence-electron chi connectivity index (χ2n) is 3.43. The third-order valence-corrected chi connectivity index (χ3v) is 3.78. The van der Waals surface area contributed by atoms with Gasteiger partial charge < -0.3 is 5.32 Å². The van der Waals surface area contributed by atoms with Crippen LogP contribution in [0.4, 0.5) is 5.69 Å². The monoisotopic (exact) mass is 189 g/mol. The van der Waals surface area contributed by atoms with Crippen molar-refractivity contribution in [2.24, 2.45) is 0 Å². The van der Waals surface area contributed by atoms with Crippen LogP contribution in [0.25, 0.3) is 10.1 Å². The maximum absolute atomic E-state index is 3.50. The summed E-state index contributed by atoms with van der Waals surface area (Å²) < 4.78 is 1.42. The molecule has 13 heavy (non-hydrogen) atoms. The Morgan fingerprint density at radius 3 is 3.15 bits per heavy atom. The van der Waals surface area contributed by atoms with Gasteiger partial charge >= 0.3 is 0 Å². The summed E-state index contributed by atoms with van der Waals surface area (Å²) >= 11 is 1.94. The summed E-state index contributed by atoms with van der Waals surface area (Å²) in [6, 6.07) is 8.65. The minimum Gasteiger partial charge on any atom is -0.384 e. The van der Waals surface area contributed by atoms with Crippen LogP contribution in [0.2, 0.25) is 0 Å². The van der Waals surface area contributed by atoms with Crippen LogP contribution in [-0.4, -0.2) is 6.54 Å². The van der Waals surface area contributed by atoms with E-state index < -0.39 is 0 Å². The van der Waals surface area contributed by atoms with Gasteiger partial charge in [0.05, 0.1) is 5.69 Å². The van der Waals surface area contributed by atoms with E-state index in [0.29, 0.717) is 0 Å². The van der Waals surface area contributed by atoms with Crippen LogP contribution in [0.15, 0.2) is 24.3 Å². The minimum atomic E-state index is 1.13. The van der Waals surface area contributed by atoms with Crippen LogP contribution in [-0.2, 0) is 6.42 Å². The van der Waals surface area contributed by atoms with E-state index in [0.717, 1.165) is 6.54 Å². The van der Waals surface area contributed by atoms with Crippen molar-refractivity contribution < 1.29 is 0 Å². The second-order valence-corrected chi connectivity index (χ2v) is 4.56. The van der Waals surface area contributed by atoms with Gasteiger partial charge in [0, 0.05) is 21.5 Å². The molecule has 0 saturated heterocycles. The van der Waals surface area contributed by atoms with E-state index in [1.165, 1.54) is 33.5 Å². The minimum absolute atomic E-state index is 1.13. The Balaban J connectivity index is 2.34. The molecular formula is C11H11NS. The molecule has 2 heterocycles. The molecule has 0 bridgehead atoms. The zero-order valence-electron chi connectivity index (χ0n) is 7.34. The van der Waals surface area contributed by atoms with Crippen molar-refractivity contribution >= 4 is 27.1 Å². The number of fused-ring (bicyclic) bond motifs is 3. The largest absolute Gasteiger partial charge is 0.384 e. The number of aryl methyl sites for hydroxylation is 1. The lowest BCUT2D eigenvalue weighted by atomic mass is 10.1. The molecule has 0 aliphatic carbocycles. The molecule has 1 aromatic heterocycles. The normalized spacial score (nSPS) is 15.4. The highest BCUT2D eigenvalue weighted by molar-refractivity contribution is 7.19. The summed E-state index contributed by atoms with van der Waals surface area (Å²) in [6.45, 7) is 1.13. The fraction of sp³-hybridized carbons (Fsp3) is 0.273. The summed E-state index contributed by atoms with van der Waals surface area (Å²) in [7, 11) is 0. The first-order chi connectivity index (χ1) is 6.45. The number of nitrogens with one attached hydrogen (secondary N) is 1. The first kappa shape index (κ1) is 7.39. The molecule has 66 valence electrons. The van der Waals surface area contributed by atoms with Crippen LogP contribution in [0.1, 0.15) is 11.3 Å². The Kier molecular flexibility index (Phi) is 1.56. The zero-order valence-corrected chi connectivity index (χ0v) is 8.16. The Hall–Kier alpha value is -1.02. The molecule has 1 nitrogen and oxygen atoms in total. The number of thiophene rings is 1. The summed E-state index contributed by atoms with van der Waals surface area (Å²) in [5.41, 5.74) is 1.40. The van der Waals surface area contributed by atoms with Gasteiger partial charge in [-0.2, -0.15) is 0 Å². The molecule has 2 aromatic rings.